The van der Waals surface area contributed by atoms with Gasteiger partial charge in [-0.2, -0.15) is 4.98 Å². The van der Waals surface area contributed by atoms with Crippen LogP contribution in [0.1, 0.15) is 24.3 Å². The summed E-state index contributed by atoms with van der Waals surface area (Å²) in [5.41, 5.74) is 2.12. The quantitative estimate of drug-likeness (QED) is 0.372. The van der Waals surface area contributed by atoms with E-state index in [9.17, 15) is 9.18 Å². The zero-order valence-corrected chi connectivity index (χ0v) is 20.8. The van der Waals surface area contributed by atoms with Gasteiger partial charge in [0.2, 0.25) is 17.7 Å². The zero-order valence-electron chi connectivity index (χ0n) is 20.1. The number of nitrogens with zero attached hydrogens (tertiary/aromatic N) is 3. The topological polar surface area (TPSA) is 88.6 Å². The van der Waals surface area contributed by atoms with E-state index in [1.807, 2.05) is 12.1 Å². The standard InChI is InChI=1S/C26H27ClFN5O3/c1-4-24(34)30-19-12-18(28)13-20(14-19)36-25-21(27)15-29-26(32-25)31-22-6-5-17(11-23(22)35-3)16-7-9-33(2)10-8-16/h4-6,11-16H,1,7-10H2,2-3H3,(H,30,34)(H,29,31,32). The number of carbonyl (C=O) groups is 1. The molecule has 188 valence electrons. The second kappa shape index (κ2) is 11.4. The fourth-order valence-electron chi connectivity index (χ4n) is 4.01. The van der Waals surface area contributed by atoms with Crippen molar-refractivity contribution in [2.45, 2.75) is 18.8 Å². The van der Waals surface area contributed by atoms with Crippen molar-refractivity contribution in [3.63, 3.8) is 0 Å². The molecule has 1 fully saturated rings. The van der Waals surface area contributed by atoms with Crippen molar-refractivity contribution in [3.8, 4) is 17.4 Å². The van der Waals surface area contributed by atoms with Crippen molar-refractivity contribution in [1.82, 2.24) is 14.9 Å². The third-order valence-corrected chi connectivity index (χ3v) is 6.17. The number of benzene rings is 2. The first-order valence-electron chi connectivity index (χ1n) is 11.4. The van der Waals surface area contributed by atoms with Crippen molar-refractivity contribution in [2.24, 2.45) is 0 Å². The molecule has 2 N–H and O–H groups in total. The lowest BCUT2D eigenvalue weighted by atomic mass is 9.89. The normalized spacial score (nSPS) is 14.2. The number of rotatable bonds is 8. The van der Waals surface area contributed by atoms with Gasteiger partial charge < -0.3 is 25.0 Å². The predicted molar refractivity (Wildman–Crippen MR) is 138 cm³/mol. The van der Waals surface area contributed by atoms with Crippen LogP contribution in [0.2, 0.25) is 5.02 Å². The molecule has 8 nitrogen and oxygen atoms in total. The molecule has 0 bridgehead atoms. The highest BCUT2D eigenvalue weighted by Gasteiger charge is 2.20. The Bertz CT molecular complexity index is 1260. The molecule has 0 radical (unpaired) electrons. The maximum atomic E-state index is 14.1. The minimum atomic E-state index is -0.607. The summed E-state index contributed by atoms with van der Waals surface area (Å²) in [5, 5.41) is 5.75. The van der Waals surface area contributed by atoms with Crippen LogP contribution in [-0.2, 0) is 4.79 Å². The molecule has 10 heteroatoms. The predicted octanol–water partition coefficient (Wildman–Crippen LogP) is 5.75. The molecule has 36 heavy (non-hydrogen) atoms. The van der Waals surface area contributed by atoms with Crippen LogP contribution >= 0.6 is 11.6 Å². The number of nitrogens with one attached hydrogen (secondary N) is 2. The number of ether oxygens (including phenoxy) is 2. The molecule has 4 rings (SSSR count). The van der Waals surface area contributed by atoms with Crippen LogP contribution in [0.25, 0.3) is 0 Å². The van der Waals surface area contributed by atoms with E-state index in [0.29, 0.717) is 17.4 Å². The van der Waals surface area contributed by atoms with Gasteiger partial charge in [-0.05, 0) is 68.7 Å². The van der Waals surface area contributed by atoms with Gasteiger partial charge in [0, 0.05) is 17.8 Å². The van der Waals surface area contributed by atoms with E-state index in [1.54, 1.807) is 7.11 Å². The maximum absolute atomic E-state index is 14.1. The second-order valence-electron chi connectivity index (χ2n) is 8.48. The summed E-state index contributed by atoms with van der Waals surface area (Å²) in [4.78, 5) is 22.4. The van der Waals surface area contributed by atoms with Crippen molar-refractivity contribution in [3.05, 3.63) is 71.7 Å². The van der Waals surface area contributed by atoms with Crippen molar-refractivity contribution < 1.29 is 18.7 Å². The van der Waals surface area contributed by atoms with Crippen LogP contribution in [0.15, 0.2) is 55.3 Å². The number of carbonyl (C=O) groups excluding carboxylic acids is 1. The molecular weight excluding hydrogens is 485 g/mol. The molecule has 0 atom stereocenters. The lowest BCUT2D eigenvalue weighted by Gasteiger charge is -2.29. The van der Waals surface area contributed by atoms with Gasteiger partial charge in [0.25, 0.3) is 0 Å². The van der Waals surface area contributed by atoms with Gasteiger partial charge in [0.15, 0.2) is 0 Å². The van der Waals surface area contributed by atoms with E-state index in [1.165, 1.54) is 17.8 Å². The smallest absolute Gasteiger partial charge is 0.247 e. The molecule has 1 aliphatic heterocycles. The highest BCUT2D eigenvalue weighted by Crippen LogP contribution is 2.35. The summed E-state index contributed by atoms with van der Waals surface area (Å²) >= 11 is 6.23. The van der Waals surface area contributed by atoms with E-state index >= 15 is 0 Å². The largest absolute Gasteiger partial charge is 0.495 e. The Kier molecular flexibility index (Phi) is 8.02. The van der Waals surface area contributed by atoms with E-state index in [-0.39, 0.29) is 28.3 Å². The van der Waals surface area contributed by atoms with Crippen LogP contribution in [-0.4, -0.2) is 48.0 Å². The molecule has 2 aromatic carbocycles. The van der Waals surface area contributed by atoms with E-state index in [4.69, 9.17) is 21.1 Å². The van der Waals surface area contributed by atoms with Gasteiger partial charge in [-0.1, -0.05) is 24.2 Å². The molecule has 0 saturated carbocycles. The molecule has 1 aliphatic rings. The fourth-order valence-corrected chi connectivity index (χ4v) is 4.14. The number of hydrogen-bond donors (Lipinski definition) is 2. The van der Waals surface area contributed by atoms with E-state index in [0.717, 1.165) is 44.1 Å². The SMILES string of the molecule is C=CC(=O)Nc1cc(F)cc(Oc2nc(Nc3ccc(C4CCN(C)CC4)cc3OC)ncc2Cl)c1. The van der Waals surface area contributed by atoms with E-state index in [2.05, 4.69) is 45.2 Å². The third-order valence-electron chi connectivity index (χ3n) is 5.91. The molecule has 3 aromatic rings. The van der Waals surface area contributed by atoms with Gasteiger partial charge in [0.05, 0.1) is 19.0 Å². The number of aromatic nitrogens is 2. The molecule has 2 heterocycles. The summed E-state index contributed by atoms with van der Waals surface area (Å²) in [6.07, 6.45) is 4.67. The number of likely N-dealkylation sites (tertiary alicyclic amines) is 1. The summed E-state index contributed by atoms with van der Waals surface area (Å²) < 4.78 is 25.4. The Morgan fingerprint density at radius 3 is 2.75 bits per heavy atom. The highest BCUT2D eigenvalue weighted by atomic mass is 35.5. The number of anilines is 3. The number of halogens is 2. The molecule has 0 unspecified atom stereocenters. The highest BCUT2D eigenvalue weighted by molar-refractivity contribution is 6.31. The van der Waals surface area contributed by atoms with Crippen molar-refractivity contribution >= 4 is 34.8 Å². The lowest BCUT2D eigenvalue weighted by molar-refractivity contribution is -0.111. The van der Waals surface area contributed by atoms with Gasteiger partial charge in [-0.15, -0.1) is 0 Å². The van der Waals surface area contributed by atoms with Crippen LogP contribution < -0.4 is 20.1 Å². The van der Waals surface area contributed by atoms with Gasteiger partial charge in [-0.3, -0.25) is 4.79 Å². The molecular formula is C26H27ClFN5O3. The first kappa shape index (κ1) is 25.4. The van der Waals surface area contributed by atoms with Crippen LogP contribution in [0.5, 0.6) is 17.4 Å². The van der Waals surface area contributed by atoms with Crippen molar-refractivity contribution in [2.75, 3.05) is 37.9 Å². The first-order valence-corrected chi connectivity index (χ1v) is 11.8. The van der Waals surface area contributed by atoms with Crippen LogP contribution in [0.3, 0.4) is 0 Å². The summed E-state index contributed by atoms with van der Waals surface area (Å²) in [6, 6.07) is 9.81. The summed E-state index contributed by atoms with van der Waals surface area (Å²) in [7, 11) is 3.75. The molecule has 1 amide bonds. The monoisotopic (exact) mass is 511 g/mol. The second-order valence-corrected chi connectivity index (χ2v) is 8.89. The lowest BCUT2D eigenvalue weighted by Crippen LogP contribution is -2.29. The Balaban J connectivity index is 1.53. The summed E-state index contributed by atoms with van der Waals surface area (Å²) in [6.45, 7) is 5.52. The van der Waals surface area contributed by atoms with Gasteiger partial charge >= 0.3 is 0 Å². The zero-order chi connectivity index (χ0) is 25.7. The number of piperidine rings is 1. The van der Waals surface area contributed by atoms with Crippen LogP contribution in [0.4, 0.5) is 21.7 Å². The average molecular weight is 512 g/mol. The summed E-state index contributed by atoms with van der Waals surface area (Å²) in [5.74, 6) is 0.405. The Hall–Kier alpha value is -3.69. The van der Waals surface area contributed by atoms with Gasteiger partial charge in [0.1, 0.15) is 22.3 Å². The molecule has 1 aromatic heterocycles. The number of amides is 1. The Labute approximate surface area is 214 Å². The number of hydrogen-bond acceptors (Lipinski definition) is 7. The first-order chi connectivity index (χ1) is 17.3. The van der Waals surface area contributed by atoms with Gasteiger partial charge in [-0.25, -0.2) is 9.37 Å². The molecule has 0 spiro atoms. The van der Waals surface area contributed by atoms with E-state index < -0.39 is 11.7 Å². The minimum Gasteiger partial charge on any atom is -0.495 e. The minimum absolute atomic E-state index is 0.0164. The molecule has 1 saturated heterocycles. The number of methoxy groups -OCH3 is 1. The fraction of sp³-hybridized carbons (Fsp3) is 0.269. The maximum Gasteiger partial charge on any atom is 0.247 e. The average Bonchev–Trinajstić information content (AvgIpc) is 2.86. The Morgan fingerprint density at radius 1 is 1.25 bits per heavy atom. The third kappa shape index (κ3) is 6.30. The molecule has 0 aliphatic carbocycles. The van der Waals surface area contributed by atoms with Crippen LogP contribution in [0, 0.1) is 5.82 Å². The van der Waals surface area contributed by atoms with Crippen molar-refractivity contribution in [1.29, 1.82) is 0 Å². The Morgan fingerprint density at radius 2 is 2.03 bits per heavy atom.